The molecule has 4 rings (SSSR count). The second kappa shape index (κ2) is 6.98. The van der Waals surface area contributed by atoms with Crippen molar-refractivity contribution in [2.75, 3.05) is 6.61 Å². The summed E-state index contributed by atoms with van der Waals surface area (Å²) in [7, 11) is 2.00. The number of hydrogen-bond donors (Lipinski definition) is 1. The van der Waals surface area contributed by atoms with E-state index in [9.17, 15) is 5.11 Å². The van der Waals surface area contributed by atoms with Gasteiger partial charge in [-0.1, -0.05) is 29.8 Å². The summed E-state index contributed by atoms with van der Waals surface area (Å²) >= 11 is 7.52. The van der Waals surface area contributed by atoms with Crippen LogP contribution in [0.3, 0.4) is 0 Å². The number of aryl methyl sites for hydroxylation is 1. The lowest BCUT2D eigenvalue weighted by Crippen LogP contribution is -2.05. The molecule has 0 aliphatic heterocycles. The van der Waals surface area contributed by atoms with Gasteiger partial charge in [-0.2, -0.15) is 0 Å². The van der Waals surface area contributed by atoms with E-state index in [-0.39, 0.29) is 0 Å². The first-order valence-corrected chi connectivity index (χ1v) is 9.65. The lowest BCUT2D eigenvalue weighted by molar-refractivity contribution is 0.263. The Kier molecular flexibility index (Phi) is 4.71. The summed E-state index contributed by atoms with van der Waals surface area (Å²) in [6.45, 7) is 0.320. The molecule has 130 valence electrons. The highest BCUT2D eigenvalue weighted by atomic mass is 35.5. The third-order valence-corrected chi connectivity index (χ3v) is 6.30. The van der Waals surface area contributed by atoms with E-state index < -0.39 is 0 Å². The number of imidazole rings is 1. The number of aliphatic hydroxyl groups is 1. The molecular formula is C19H20ClN3OS. The molecule has 2 aliphatic carbocycles. The van der Waals surface area contributed by atoms with E-state index in [0.717, 1.165) is 34.2 Å². The van der Waals surface area contributed by atoms with Gasteiger partial charge in [0.15, 0.2) is 0 Å². The van der Waals surface area contributed by atoms with Crippen LogP contribution in [0.15, 0.2) is 52.9 Å². The SMILES string of the molecule is Cn1cnc(C2=CCC([C@H]3C[C@@H]3CO)C=C2)c1Sc1ccc(Cl)cn1. The average Bonchev–Trinajstić information content (AvgIpc) is 3.35. The van der Waals surface area contributed by atoms with Crippen LogP contribution in [0.5, 0.6) is 0 Å². The van der Waals surface area contributed by atoms with E-state index in [2.05, 4.69) is 28.2 Å². The Balaban J connectivity index is 1.52. The van der Waals surface area contributed by atoms with Crippen molar-refractivity contribution in [3.63, 3.8) is 0 Å². The normalized spacial score (nSPS) is 25.1. The van der Waals surface area contributed by atoms with Crippen molar-refractivity contribution in [1.82, 2.24) is 14.5 Å². The first-order valence-electron chi connectivity index (χ1n) is 8.46. The van der Waals surface area contributed by atoms with Gasteiger partial charge in [0.1, 0.15) is 15.7 Å². The Morgan fingerprint density at radius 2 is 2.24 bits per heavy atom. The third kappa shape index (κ3) is 3.54. The fourth-order valence-electron chi connectivity index (χ4n) is 3.39. The zero-order chi connectivity index (χ0) is 17.4. The molecule has 1 saturated carbocycles. The summed E-state index contributed by atoms with van der Waals surface area (Å²) in [4.78, 5) is 8.97. The van der Waals surface area contributed by atoms with Crippen LogP contribution >= 0.6 is 23.4 Å². The molecule has 2 aliphatic rings. The lowest BCUT2D eigenvalue weighted by atomic mass is 9.91. The van der Waals surface area contributed by atoms with Crippen molar-refractivity contribution in [3.8, 4) is 0 Å². The van der Waals surface area contributed by atoms with Crippen LogP contribution in [0, 0.1) is 17.8 Å². The maximum atomic E-state index is 9.26. The predicted octanol–water partition coefficient (Wildman–Crippen LogP) is 4.21. The topological polar surface area (TPSA) is 50.9 Å². The molecule has 2 aromatic rings. The number of pyridine rings is 1. The smallest absolute Gasteiger partial charge is 0.109 e. The van der Waals surface area contributed by atoms with E-state index in [1.807, 2.05) is 30.1 Å². The van der Waals surface area contributed by atoms with Crippen LogP contribution in [0.2, 0.25) is 5.02 Å². The summed E-state index contributed by atoms with van der Waals surface area (Å²) in [6, 6.07) is 3.78. The third-order valence-electron chi connectivity index (χ3n) is 4.95. The van der Waals surface area contributed by atoms with Crippen LogP contribution < -0.4 is 0 Å². The van der Waals surface area contributed by atoms with Crippen LogP contribution in [0.4, 0.5) is 0 Å². The molecular weight excluding hydrogens is 354 g/mol. The second-order valence-electron chi connectivity index (χ2n) is 6.69. The number of hydrogen-bond acceptors (Lipinski definition) is 4. The van der Waals surface area contributed by atoms with Gasteiger partial charge in [0.25, 0.3) is 0 Å². The highest BCUT2D eigenvalue weighted by Crippen LogP contribution is 2.47. The van der Waals surface area contributed by atoms with Crippen molar-refractivity contribution in [1.29, 1.82) is 0 Å². The number of aliphatic hydroxyl groups excluding tert-OH is 1. The molecule has 25 heavy (non-hydrogen) atoms. The van der Waals surface area contributed by atoms with Gasteiger partial charge in [-0.15, -0.1) is 0 Å². The number of nitrogens with zero attached hydrogens (tertiary/aromatic N) is 3. The first-order chi connectivity index (χ1) is 12.2. The fraction of sp³-hybridized carbons (Fsp3) is 0.368. The van der Waals surface area contributed by atoms with E-state index in [4.69, 9.17) is 11.6 Å². The van der Waals surface area contributed by atoms with Crippen molar-refractivity contribution in [3.05, 3.63) is 53.6 Å². The Labute approximate surface area is 156 Å². The molecule has 1 fully saturated rings. The molecule has 0 amide bonds. The van der Waals surface area contributed by atoms with Crippen LogP contribution in [-0.2, 0) is 7.05 Å². The molecule has 0 bridgehead atoms. The van der Waals surface area contributed by atoms with Crippen molar-refractivity contribution >= 4 is 28.9 Å². The van der Waals surface area contributed by atoms with Crippen LogP contribution in [0.1, 0.15) is 18.5 Å². The maximum Gasteiger partial charge on any atom is 0.109 e. The summed E-state index contributed by atoms with van der Waals surface area (Å²) < 4.78 is 2.03. The predicted molar refractivity (Wildman–Crippen MR) is 100 cm³/mol. The van der Waals surface area contributed by atoms with E-state index in [1.54, 1.807) is 18.0 Å². The van der Waals surface area contributed by atoms with Gasteiger partial charge in [0, 0.05) is 19.9 Å². The molecule has 1 N–H and O–H groups in total. The van der Waals surface area contributed by atoms with Gasteiger partial charge in [-0.25, -0.2) is 9.97 Å². The fourth-order valence-corrected chi connectivity index (χ4v) is 4.40. The Bertz CT molecular complexity index is 828. The molecule has 0 spiro atoms. The number of halogens is 1. The quantitative estimate of drug-likeness (QED) is 0.853. The monoisotopic (exact) mass is 373 g/mol. The molecule has 2 heterocycles. The largest absolute Gasteiger partial charge is 0.396 e. The highest BCUT2D eigenvalue weighted by Gasteiger charge is 2.41. The Morgan fingerprint density at radius 3 is 2.88 bits per heavy atom. The minimum atomic E-state index is 0.320. The number of allylic oxidation sites excluding steroid dienone is 4. The Hall–Kier alpha value is -1.56. The van der Waals surface area contributed by atoms with Crippen LogP contribution in [0.25, 0.3) is 5.57 Å². The lowest BCUT2D eigenvalue weighted by Gasteiger charge is -2.16. The zero-order valence-electron chi connectivity index (χ0n) is 14.0. The summed E-state index contributed by atoms with van der Waals surface area (Å²) in [5, 5.41) is 11.9. The Morgan fingerprint density at radius 1 is 1.36 bits per heavy atom. The summed E-state index contributed by atoms with van der Waals surface area (Å²) in [6.07, 6.45) is 12.4. The van der Waals surface area contributed by atoms with Gasteiger partial charge in [-0.3, -0.25) is 0 Å². The van der Waals surface area contributed by atoms with Crippen molar-refractivity contribution < 1.29 is 5.11 Å². The summed E-state index contributed by atoms with van der Waals surface area (Å²) in [5.74, 6) is 1.70. The standard InChI is InChI=1S/C19H20ClN3OS/c1-23-11-22-18(19(23)25-17-7-6-15(20)9-21-17)13-4-2-12(3-5-13)16-8-14(16)10-24/h2,4-7,9,11-12,14,16,24H,3,8,10H2,1H3/t12?,14-,16-/m1/s1. The molecule has 6 heteroatoms. The van der Waals surface area contributed by atoms with Crippen molar-refractivity contribution in [2.45, 2.75) is 22.9 Å². The van der Waals surface area contributed by atoms with E-state index in [1.165, 1.54) is 0 Å². The van der Waals surface area contributed by atoms with Gasteiger partial charge in [0.2, 0.25) is 0 Å². The van der Waals surface area contributed by atoms with Gasteiger partial charge in [-0.05, 0) is 60.1 Å². The molecule has 0 radical (unpaired) electrons. The molecule has 0 aromatic carbocycles. The maximum absolute atomic E-state index is 9.26. The van der Waals surface area contributed by atoms with Gasteiger partial charge < -0.3 is 9.67 Å². The first kappa shape index (κ1) is 16.9. The minimum Gasteiger partial charge on any atom is -0.396 e. The van der Waals surface area contributed by atoms with Crippen molar-refractivity contribution in [2.24, 2.45) is 24.8 Å². The molecule has 4 nitrogen and oxygen atoms in total. The van der Waals surface area contributed by atoms with Gasteiger partial charge >= 0.3 is 0 Å². The number of aromatic nitrogens is 3. The van der Waals surface area contributed by atoms with Crippen LogP contribution in [-0.4, -0.2) is 26.2 Å². The highest BCUT2D eigenvalue weighted by molar-refractivity contribution is 7.99. The molecule has 1 unspecified atom stereocenters. The molecule has 3 atom stereocenters. The number of rotatable bonds is 5. The molecule has 2 aromatic heterocycles. The van der Waals surface area contributed by atoms with Gasteiger partial charge in [0.05, 0.1) is 11.3 Å². The van der Waals surface area contributed by atoms with E-state index in [0.29, 0.717) is 29.4 Å². The summed E-state index contributed by atoms with van der Waals surface area (Å²) in [5.41, 5.74) is 2.16. The second-order valence-corrected chi connectivity index (χ2v) is 8.13. The minimum absolute atomic E-state index is 0.320. The zero-order valence-corrected chi connectivity index (χ0v) is 15.5. The average molecular weight is 374 g/mol. The van der Waals surface area contributed by atoms with E-state index >= 15 is 0 Å². The molecule has 0 saturated heterocycles.